The lowest BCUT2D eigenvalue weighted by Crippen LogP contribution is -2.37. The second-order valence-electron chi connectivity index (χ2n) is 4.37. The van der Waals surface area contributed by atoms with Gasteiger partial charge in [-0.2, -0.15) is 0 Å². The zero-order chi connectivity index (χ0) is 12.5. The van der Waals surface area contributed by atoms with Gasteiger partial charge in [0.1, 0.15) is 6.10 Å². The average Bonchev–Trinajstić information content (AvgIpc) is 2.37. The number of terminal acetylenes is 1. The molecule has 1 amide bonds. The lowest BCUT2D eigenvalue weighted by atomic mass is 10.0. The minimum absolute atomic E-state index is 0.139. The zero-order valence-electron chi connectivity index (χ0n) is 10.5. The number of hydrogen-bond acceptors (Lipinski definition) is 3. The Kier molecular flexibility index (Phi) is 6.68. The van der Waals surface area contributed by atoms with Crippen LogP contribution in [0, 0.1) is 12.3 Å². The van der Waals surface area contributed by atoms with Gasteiger partial charge in [0.05, 0.1) is 6.54 Å². The van der Waals surface area contributed by atoms with Crippen molar-refractivity contribution in [3.05, 3.63) is 0 Å². The van der Waals surface area contributed by atoms with Crippen molar-refractivity contribution in [3.63, 3.8) is 0 Å². The molecule has 0 aromatic rings. The van der Waals surface area contributed by atoms with Crippen LogP contribution in [0.5, 0.6) is 0 Å². The highest BCUT2D eigenvalue weighted by atomic mass is 16.5. The summed E-state index contributed by atoms with van der Waals surface area (Å²) in [4.78, 5) is 11.4. The summed E-state index contributed by atoms with van der Waals surface area (Å²) in [7, 11) is 0. The Morgan fingerprint density at radius 3 is 3.12 bits per heavy atom. The van der Waals surface area contributed by atoms with Gasteiger partial charge in [0, 0.05) is 12.6 Å². The second-order valence-corrected chi connectivity index (χ2v) is 4.37. The number of piperidine rings is 1. The molecule has 1 fully saturated rings. The van der Waals surface area contributed by atoms with Gasteiger partial charge in [-0.3, -0.25) is 4.79 Å². The third-order valence-corrected chi connectivity index (χ3v) is 2.98. The Bertz CT molecular complexity index is 267. The molecule has 0 radical (unpaired) electrons. The minimum atomic E-state index is -0.424. The number of carbonyl (C=O) groups excluding carboxylic acids is 1. The second kappa shape index (κ2) is 8.10. The van der Waals surface area contributed by atoms with Crippen molar-refractivity contribution in [1.29, 1.82) is 0 Å². The van der Waals surface area contributed by atoms with E-state index in [1.165, 1.54) is 19.3 Å². The molecular formula is C13H22N2O2. The molecule has 4 heteroatoms. The highest BCUT2D eigenvalue weighted by Gasteiger charge is 2.15. The van der Waals surface area contributed by atoms with Gasteiger partial charge in [0.15, 0.2) is 0 Å². The molecule has 0 aromatic carbocycles. The Balaban J connectivity index is 2.08. The third-order valence-electron chi connectivity index (χ3n) is 2.98. The molecule has 1 aliphatic rings. The summed E-state index contributed by atoms with van der Waals surface area (Å²) in [5.74, 6) is 2.22. The molecule has 2 atom stereocenters. The minimum Gasteiger partial charge on any atom is -0.369 e. The van der Waals surface area contributed by atoms with Gasteiger partial charge in [-0.25, -0.2) is 0 Å². The standard InChI is InChI=1S/C13H22N2O2/c1-3-8-15-13(16)11(2)17-10-7-12-6-4-5-9-14-12/h1,11-12,14H,4-10H2,2H3,(H,15,16). The van der Waals surface area contributed by atoms with Crippen molar-refractivity contribution < 1.29 is 9.53 Å². The number of rotatable bonds is 6. The Hall–Kier alpha value is -1.05. The molecule has 4 nitrogen and oxygen atoms in total. The predicted octanol–water partition coefficient (Wildman–Crippen LogP) is 0.673. The molecule has 1 heterocycles. The van der Waals surface area contributed by atoms with Crippen molar-refractivity contribution in [2.75, 3.05) is 19.7 Å². The maximum absolute atomic E-state index is 11.4. The van der Waals surface area contributed by atoms with Crippen molar-refractivity contribution >= 4 is 5.91 Å². The summed E-state index contributed by atoms with van der Waals surface area (Å²) in [5.41, 5.74) is 0. The van der Waals surface area contributed by atoms with Crippen LogP contribution in [0.4, 0.5) is 0 Å². The van der Waals surface area contributed by atoms with Gasteiger partial charge in [0.25, 0.3) is 0 Å². The van der Waals surface area contributed by atoms with Crippen molar-refractivity contribution in [2.24, 2.45) is 0 Å². The van der Waals surface area contributed by atoms with Crippen molar-refractivity contribution in [3.8, 4) is 12.3 Å². The highest BCUT2D eigenvalue weighted by molar-refractivity contribution is 5.80. The van der Waals surface area contributed by atoms with E-state index in [0.29, 0.717) is 12.6 Å². The number of carbonyl (C=O) groups is 1. The molecule has 1 rings (SSSR count). The zero-order valence-corrected chi connectivity index (χ0v) is 10.5. The summed E-state index contributed by atoms with van der Waals surface area (Å²) in [6.07, 6.45) is 9.36. The summed E-state index contributed by atoms with van der Waals surface area (Å²) in [6.45, 7) is 3.72. The molecule has 0 bridgehead atoms. The molecule has 17 heavy (non-hydrogen) atoms. The Morgan fingerprint density at radius 1 is 1.65 bits per heavy atom. The maximum atomic E-state index is 11.4. The SMILES string of the molecule is C#CCNC(=O)C(C)OCCC1CCCCN1. The summed E-state index contributed by atoms with van der Waals surface area (Å²) in [5, 5.41) is 6.05. The van der Waals surface area contributed by atoms with Crippen LogP contribution in [0.1, 0.15) is 32.6 Å². The average molecular weight is 238 g/mol. The Labute approximate surface area is 103 Å². The van der Waals surface area contributed by atoms with E-state index in [1.54, 1.807) is 6.92 Å². The smallest absolute Gasteiger partial charge is 0.249 e. The molecule has 0 aliphatic carbocycles. The number of amides is 1. The molecule has 0 saturated carbocycles. The fraction of sp³-hybridized carbons (Fsp3) is 0.769. The highest BCUT2D eigenvalue weighted by Crippen LogP contribution is 2.10. The molecule has 0 aromatic heterocycles. The van der Waals surface area contributed by atoms with Crippen LogP contribution in [0.25, 0.3) is 0 Å². The van der Waals surface area contributed by atoms with Gasteiger partial charge < -0.3 is 15.4 Å². The summed E-state index contributed by atoms with van der Waals surface area (Å²) < 4.78 is 5.48. The molecule has 2 unspecified atom stereocenters. The largest absolute Gasteiger partial charge is 0.369 e. The van der Waals surface area contributed by atoms with E-state index in [1.807, 2.05) is 0 Å². The lowest BCUT2D eigenvalue weighted by Gasteiger charge is -2.23. The normalized spacial score (nSPS) is 21.5. The lowest BCUT2D eigenvalue weighted by molar-refractivity contribution is -0.131. The topological polar surface area (TPSA) is 50.4 Å². The number of ether oxygens (including phenoxy) is 1. The van der Waals surface area contributed by atoms with E-state index >= 15 is 0 Å². The first kappa shape index (κ1) is 14.0. The Morgan fingerprint density at radius 2 is 2.47 bits per heavy atom. The molecule has 2 N–H and O–H groups in total. The first-order chi connectivity index (χ1) is 8.24. The van der Waals surface area contributed by atoms with Crippen LogP contribution >= 0.6 is 0 Å². The van der Waals surface area contributed by atoms with E-state index in [2.05, 4.69) is 16.6 Å². The summed E-state index contributed by atoms with van der Waals surface area (Å²) >= 11 is 0. The van der Waals surface area contributed by atoms with E-state index in [9.17, 15) is 4.79 Å². The van der Waals surface area contributed by atoms with Crippen LogP contribution in [0.3, 0.4) is 0 Å². The fourth-order valence-corrected chi connectivity index (χ4v) is 1.92. The van der Waals surface area contributed by atoms with E-state index in [4.69, 9.17) is 11.2 Å². The van der Waals surface area contributed by atoms with E-state index in [-0.39, 0.29) is 12.5 Å². The van der Waals surface area contributed by atoms with Gasteiger partial charge in [-0.15, -0.1) is 6.42 Å². The molecule has 1 saturated heterocycles. The van der Waals surface area contributed by atoms with Crippen LogP contribution in [-0.4, -0.2) is 37.7 Å². The van der Waals surface area contributed by atoms with Crippen LogP contribution in [0.2, 0.25) is 0 Å². The van der Waals surface area contributed by atoms with Crippen LogP contribution < -0.4 is 10.6 Å². The maximum Gasteiger partial charge on any atom is 0.249 e. The summed E-state index contributed by atoms with van der Waals surface area (Å²) in [6, 6.07) is 0.546. The van der Waals surface area contributed by atoms with Crippen molar-refractivity contribution in [2.45, 2.75) is 44.8 Å². The van der Waals surface area contributed by atoms with Gasteiger partial charge in [0.2, 0.25) is 5.91 Å². The van der Waals surface area contributed by atoms with Crippen LogP contribution in [0.15, 0.2) is 0 Å². The number of nitrogens with one attached hydrogen (secondary N) is 2. The van der Waals surface area contributed by atoms with E-state index in [0.717, 1.165) is 13.0 Å². The first-order valence-corrected chi connectivity index (χ1v) is 6.30. The molecular weight excluding hydrogens is 216 g/mol. The molecule has 96 valence electrons. The number of hydrogen-bond donors (Lipinski definition) is 2. The van der Waals surface area contributed by atoms with Crippen molar-refractivity contribution in [1.82, 2.24) is 10.6 Å². The van der Waals surface area contributed by atoms with Crippen LogP contribution in [-0.2, 0) is 9.53 Å². The van der Waals surface area contributed by atoms with Gasteiger partial charge in [-0.1, -0.05) is 12.3 Å². The molecule has 1 aliphatic heterocycles. The predicted molar refractivity (Wildman–Crippen MR) is 67.5 cm³/mol. The fourth-order valence-electron chi connectivity index (χ4n) is 1.92. The quantitative estimate of drug-likeness (QED) is 0.669. The van der Waals surface area contributed by atoms with Gasteiger partial charge in [-0.05, 0) is 32.7 Å². The van der Waals surface area contributed by atoms with Gasteiger partial charge >= 0.3 is 0 Å². The monoisotopic (exact) mass is 238 g/mol. The third kappa shape index (κ3) is 5.71. The van der Waals surface area contributed by atoms with E-state index < -0.39 is 6.10 Å². The first-order valence-electron chi connectivity index (χ1n) is 6.30. The molecule has 0 spiro atoms.